The van der Waals surface area contributed by atoms with E-state index in [0.29, 0.717) is 17.0 Å². The van der Waals surface area contributed by atoms with Gasteiger partial charge < -0.3 is 19.7 Å². The molecule has 0 saturated heterocycles. The molecule has 1 aliphatic rings. The fourth-order valence-electron chi connectivity index (χ4n) is 2.96. The van der Waals surface area contributed by atoms with Crippen LogP contribution < -0.4 is 10.1 Å². The van der Waals surface area contributed by atoms with E-state index in [2.05, 4.69) is 5.32 Å². The van der Waals surface area contributed by atoms with Crippen molar-refractivity contribution in [1.82, 2.24) is 4.90 Å². The number of anilines is 1. The SMILES string of the molecule is Cc1ccc(NC(=O)CN(C)C(=O)[C@@H](C)OC(=O)C2=Cc3ccccc3OC2)cc1. The van der Waals surface area contributed by atoms with E-state index >= 15 is 0 Å². The summed E-state index contributed by atoms with van der Waals surface area (Å²) in [5, 5.41) is 2.73. The summed E-state index contributed by atoms with van der Waals surface area (Å²) in [6.45, 7) is 3.35. The van der Waals surface area contributed by atoms with Crippen LogP contribution in [0.5, 0.6) is 5.75 Å². The van der Waals surface area contributed by atoms with Crippen LogP contribution in [0.1, 0.15) is 18.1 Å². The van der Waals surface area contributed by atoms with Crippen molar-refractivity contribution in [3.8, 4) is 5.75 Å². The number of amides is 2. The molecule has 0 unspecified atom stereocenters. The van der Waals surface area contributed by atoms with Crippen LogP contribution >= 0.6 is 0 Å². The zero-order valence-corrected chi connectivity index (χ0v) is 17.2. The van der Waals surface area contributed by atoms with Gasteiger partial charge in [-0.05, 0) is 38.1 Å². The molecular formula is C23H24N2O5. The van der Waals surface area contributed by atoms with E-state index in [9.17, 15) is 14.4 Å². The quantitative estimate of drug-likeness (QED) is 0.743. The Morgan fingerprint density at radius 1 is 1.13 bits per heavy atom. The molecule has 156 valence electrons. The van der Waals surface area contributed by atoms with Gasteiger partial charge in [0.1, 0.15) is 12.4 Å². The van der Waals surface area contributed by atoms with Gasteiger partial charge in [-0.25, -0.2) is 4.79 Å². The first kappa shape index (κ1) is 21.1. The molecule has 0 fully saturated rings. The molecule has 1 heterocycles. The zero-order chi connectivity index (χ0) is 21.7. The monoisotopic (exact) mass is 408 g/mol. The predicted molar refractivity (Wildman–Crippen MR) is 113 cm³/mol. The summed E-state index contributed by atoms with van der Waals surface area (Å²) in [5.41, 5.74) is 2.83. The van der Waals surface area contributed by atoms with Gasteiger partial charge in [-0.15, -0.1) is 0 Å². The summed E-state index contributed by atoms with van der Waals surface area (Å²) in [7, 11) is 1.49. The van der Waals surface area contributed by atoms with Gasteiger partial charge in [-0.1, -0.05) is 35.9 Å². The molecule has 0 spiro atoms. The lowest BCUT2D eigenvalue weighted by Crippen LogP contribution is -2.41. The maximum atomic E-state index is 12.5. The summed E-state index contributed by atoms with van der Waals surface area (Å²) in [6.07, 6.45) is 0.657. The Balaban J connectivity index is 1.53. The number of esters is 1. The number of nitrogens with one attached hydrogen (secondary N) is 1. The normalized spacial score (nSPS) is 13.2. The van der Waals surface area contributed by atoms with E-state index in [4.69, 9.17) is 9.47 Å². The summed E-state index contributed by atoms with van der Waals surface area (Å²) in [5.74, 6) is -0.742. The fourth-order valence-corrected chi connectivity index (χ4v) is 2.96. The Hall–Kier alpha value is -3.61. The summed E-state index contributed by atoms with van der Waals surface area (Å²) in [6, 6.07) is 14.7. The number of para-hydroxylation sites is 1. The van der Waals surface area contributed by atoms with Crippen LogP contribution in [0, 0.1) is 6.92 Å². The lowest BCUT2D eigenvalue weighted by molar-refractivity contribution is -0.155. The lowest BCUT2D eigenvalue weighted by atomic mass is 10.1. The third kappa shape index (κ3) is 5.26. The number of nitrogens with zero attached hydrogens (tertiary/aromatic N) is 1. The van der Waals surface area contributed by atoms with Gasteiger partial charge in [0.15, 0.2) is 6.10 Å². The number of carbonyl (C=O) groups is 3. The van der Waals surface area contributed by atoms with Gasteiger partial charge in [0.05, 0.1) is 12.1 Å². The second-order valence-corrected chi connectivity index (χ2v) is 7.15. The number of hydrogen-bond donors (Lipinski definition) is 1. The van der Waals surface area contributed by atoms with E-state index in [1.165, 1.54) is 18.9 Å². The number of aryl methyl sites for hydroxylation is 1. The standard InChI is InChI=1S/C23H24N2O5/c1-15-8-10-19(11-9-15)24-21(26)13-25(3)22(27)16(2)30-23(28)18-12-17-6-4-5-7-20(17)29-14-18/h4-12,16H,13-14H2,1-3H3,(H,24,26)/t16-/m1/s1. The van der Waals surface area contributed by atoms with E-state index in [0.717, 1.165) is 11.1 Å². The van der Waals surface area contributed by atoms with Gasteiger partial charge in [0, 0.05) is 18.3 Å². The second kappa shape index (κ2) is 9.26. The maximum Gasteiger partial charge on any atom is 0.338 e. The molecule has 30 heavy (non-hydrogen) atoms. The van der Waals surface area contributed by atoms with Crippen molar-refractivity contribution in [1.29, 1.82) is 0 Å². The molecule has 1 atom stereocenters. The number of hydrogen-bond acceptors (Lipinski definition) is 5. The van der Waals surface area contributed by atoms with Crippen molar-refractivity contribution in [2.24, 2.45) is 0 Å². The minimum absolute atomic E-state index is 0.0750. The molecule has 3 rings (SSSR count). The highest BCUT2D eigenvalue weighted by molar-refractivity contribution is 5.98. The molecule has 2 aromatic carbocycles. The van der Waals surface area contributed by atoms with E-state index in [1.807, 2.05) is 43.3 Å². The molecule has 0 bridgehead atoms. The Morgan fingerprint density at radius 3 is 2.57 bits per heavy atom. The first-order valence-corrected chi connectivity index (χ1v) is 9.58. The van der Waals surface area contributed by atoms with Crippen LogP contribution in [0.25, 0.3) is 6.08 Å². The Kier molecular flexibility index (Phi) is 6.51. The molecule has 2 aromatic rings. The minimum Gasteiger partial charge on any atom is -0.488 e. The van der Waals surface area contributed by atoms with Crippen LogP contribution in [0.4, 0.5) is 5.69 Å². The van der Waals surface area contributed by atoms with Crippen LogP contribution in [0.3, 0.4) is 0 Å². The lowest BCUT2D eigenvalue weighted by Gasteiger charge is -2.22. The smallest absolute Gasteiger partial charge is 0.338 e. The largest absolute Gasteiger partial charge is 0.488 e. The van der Waals surface area contributed by atoms with Crippen molar-refractivity contribution >= 4 is 29.5 Å². The summed E-state index contributed by atoms with van der Waals surface area (Å²) in [4.78, 5) is 38.3. The van der Waals surface area contributed by atoms with Crippen molar-refractivity contribution in [2.75, 3.05) is 25.5 Å². The van der Waals surface area contributed by atoms with Crippen LogP contribution in [-0.4, -0.2) is 49.0 Å². The van der Waals surface area contributed by atoms with E-state index < -0.39 is 18.0 Å². The van der Waals surface area contributed by atoms with Gasteiger partial charge >= 0.3 is 5.97 Å². The Bertz CT molecular complexity index is 981. The van der Waals surface area contributed by atoms with Gasteiger partial charge in [-0.2, -0.15) is 0 Å². The molecule has 0 aromatic heterocycles. The van der Waals surface area contributed by atoms with E-state index in [1.54, 1.807) is 18.2 Å². The molecule has 7 nitrogen and oxygen atoms in total. The van der Waals surface area contributed by atoms with Crippen LogP contribution in [-0.2, 0) is 19.1 Å². The third-order valence-corrected chi connectivity index (χ3v) is 4.62. The average molecular weight is 408 g/mol. The molecule has 7 heteroatoms. The summed E-state index contributed by atoms with van der Waals surface area (Å²) >= 11 is 0. The minimum atomic E-state index is -1.03. The molecule has 0 aliphatic carbocycles. The molecule has 1 aliphatic heterocycles. The number of fused-ring (bicyclic) bond motifs is 1. The summed E-state index contributed by atoms with van der Waals surface area (Å²) < 4.78 is 10.8. The van der Waals surface area contributed by atoms with Crippen LogP contribution in [0.15, 0.2) is 54.1 Å². The van der Waals surface area contributed by atoms with Crippen LogP contribution in [0.2, 0.25) is 0 Å². The molecular weight excluding hydrogens is 384 g/mol. The number of carbonyl (C=O) groups excluding carboxylic acids is 3. The van der Waals surface area contributed by atoms with Crippen molar-refractivity contribution in [3.63, 3.8) is 0 Å². The van der Waals surface area contributed by atoms with Crippen molar-refractivity contribution < 1.29 is 23.9 Å². The molecule has 2 amide bonds. The number of benzene rings is 2. The predicted octanol–water partition coefficient (Wildman–Crippen LogP) is 2.80. The second-order valence-electron chi connectivity index (χ2n) is 7.15. The highest BCUT2D eigenvalue weighted by atomic mass is 16.6. The average Bonchev–Trinajstić information content (AvgIpc) is 2.74. The van der Waals surface area contributed by atoms with E-state index in [-0.39, 0.29) is 19.1 Å². The molecule has 0 radical (unpaired) electrons. The molecule has 0 saturated carbocycles. The van der Waals surface area contributed by atoms with Gasteiger partial charge in [0.2, 0.25) is 5.91 Å². The van der Waals surface area contributed by atoms with Crippen molar-refractivity contribution in [3.05, 3.63) is 65.2 Å². The first-order chi connectivity index (χ1) is 14.3. The number of ether oxygens (including phenoxy) is 2. The Morgan fingerprint density at radius 2 is 1.83 bits per heavy atom. The highest BCUT2D eigenvalue weighted by Gasteiger charge is 2.26. The molecule has 1 N–H and O–H groups in total. The van der Waals surface area contributed by atoms with Crippen molar-refractivity contribution in [2.45, 2.75) is 20.0 Å². The number of likely N-dealkylation sites (N-methyl/N-ethyl adjacent to an activating group) is 1. The maximum absolute atomic E-state index is 12.5. The number of rotatable bonds is 6. The topological polar surface area (TPSA) is 84.9 Å². The van der Waals surface area contributed by atoms with Gasteiger partial charge in [0.25, 0.3) is 5.91 Å². The third-order valence-electron chi connectivity index (χ3n) is 4.62. The highest BCUT2D eigenvalue weighted by Crippen LogP contribution is 2.26. The fraction of sp³-hybridized carbons (Fsp3) is 0.261. The zero-order valence-electron chi connectivity index (χ0n) is 17.2. The van der Waals surface area contributed by atoms with Gasteiger partial charge in [-0.3, -0.25) is 9.59 Å². The first-order valence-electron chi connectivity index (χ1n) is 9.58. The Labute approximate surface area is 175 Å².